The van der Waals surface area contributed by atoms with Crippen molar-refractivity contribution in [3.8, 4) is 0 Å². The summed E-state index contributed by atoms with van der Waals surface area (Å²) in [5.41, 5.74) is 4.01. The molecule has 0 aliphatic rings. The number of hydrogen-bond acceptors (Lipinski definition) is 2. The lowest BCUT2D eigenvalue weighted by Gasteiger charge is -2.19. The molecule has 2 heteroatoms. The highest BCUT2D eigenvalue weighted by Crippen LogP contribution is 2.23. The van der Waals surface area contributed by atoms with Gasteiger partial charge in [-0.05, 0) is 43.7 Å². The van der Waals surface area contributed by atoms with Crippen molar-refractivity contribution in [2.24, 2.45) is 0 Å². The Balaban J connectivity index is 2.23. The van der Waals surface area contributed by atoms with E-state index in [1.54, 1.807) is 6.26 Å². The monoisotopic (exact) mass is 243 g/mol. The molecule has 1 aromatic carbocycles. The summed E-state index contributed by atoms with van der Waals surface area (Å²) < 4.78 is 5.46. The Bertz CT molecular complexity index is 488. The SMILES string of the molecule is CCNC(Cc1ccco1)c1ccc(C)cc1C. The maximum atomic E-state index is 5.46. The van der Waals surface area contributed by atoms with Gasteiger partial charge in [0.25, 0.3) is 0 Å². The van der Waals surface area contributed by atoms with E-state index in [9.17, 15) is 0 Å². The predicted octanol–water partition coefficient (Wildman–Crippen LogP) is 3.79. The third kappa shape index (κ3) is 3.02. The molecule has 0 saturated carbocycles. The lowest BCUT2D eigenvalue weighted by Crippen LogP contribution is -2.23. The molecule has 18 heavy (non-hydrogen) atoms. The highest BCUT2D eigenvalue weighted by atomic mass is 16.3. The summed E-state index contributed by atoms with van der Waals surface area (Å²) in [4.78, 5) is 0. The number of furan rings is 1. The lowest BCUT2D eigenvalue weighted by molar-refractivity contribution is 0.454. The van der Waals surface area contributed by atoms with E-state index in [4.69, 9.17) is 4.42 Å². The zero-order chi connectivity index (χ0) is 13.0. The average Bonchev–Trinajstić information content (AvgIpc) is 2.81. The zero-order valence-corrected chi connectivity index (χ0v) is 11.4. The van der Waals surface area contributed by atoms with E-state index in [0.717, 1.165) is 18.7 Å². The van der Waals surface area contributed by atoms with Crippen LogP contribution in [0.2, 0.25) is 0 Å². The Morgan fingerprint density at radius 3 is 2.67 bits per heavy atom. The van der Waals surface area contributed by atoms with Crippen LogP contribution < -0.4 is 5.32 Å². The summed E-state index contributed by atoms with van der Waals surface area (Å²) in [5.74, 6) is 1.03. The van der Waals surface area contributed by atoms with Crippen LogP contribution in [0.25, 0.3) is 0 Å². The molecule has 1 atom stereocenters. The molecule has 0 amide bonds. The van der Waals surface area contributed by atoms with Crippen molar-refractivity contribution in [1.82, 2.24) is 5.32 Å². The van der Waals surface area contributed by atoms with Crippen molar-refractivity contribution in [2.45, 2.75) is 33.2 Å². The Morgan fingerprint density at radius 2 is 2.06 bits per heavy atom. The van der Waals surface area contributed by atoms with E-state index >= 15 is 0 Å². The largest absolute Gasteiger partial charge is 0.469 e. The van der Waals surface area contributed by atoms with Crippen LogP contribution in [0.5, 0.6) is 0 Å². The second kappa shape index (κ2) is 5.87. The van der Waals surface area contributed by atoms with Crippen LogP contribution in [-0.2, 0) is 6.42 Å². The summed E-state index contributed by atoms with van der Waals surface area (Å²) in [5, 5.41) is 3.54. The van der Waals surface area contributed by atoms with Crippen molar-refractivity contribution in [3.05, 3.63) is 59.0 Å². The first-order chi connectivity index (χ1) is 8.70. The van der Waals surface area contributed by atoms with Crippen molar-refractivity contribution in [2.75, 3.05) is 6.54 Å². The van der Waals surface area contributed by atoms with Crippen LogP contribution in [-0.4, -0.2) is 6.54 Å². The molecule has 0 fully saturated rings. The number of rotatable bonds is 5. The Hall–Kier alpha value is -1.54. The Kier molecular flexibility index (Phi) is 4.21. The van der Waals surface area contributed by atoms with Gasteiger partial charge in [-0.2, -0.15) is 0 Å². The van der Waals surface area contributed by atoms with E-state index in [-0.39, 0.29) is 0 Å². The van der Waals surface area contributed by atoms with Crippen molar-refractivity contribution in [3.63, 3.8) is 0 Å². The zero-order valence-electron chi connectivity index (χ0n) is 11.4. The molecular weight excluding hydrogens is 222 g/mol. The van der Waals surface area contributed by atoms with Crippen LogP contribution in [0, 0.1) is 13.8 Å². The minimum atomic E-state index is 0.321. The number of likely N-dealkylation sites (N-methyl/N-ethyl adjacent to an activating group) is 1. The van der Waals surface area contributed by atoms with Crippen LogP contribution in [0.3, 0.4) is 0 Å². The molecule has 1 unspecified atom stereocenters. The van der Waals surface area contributed by atoms with Gasteiger partial charge in [-0.1, -0.05) is 30.7 Å². The van der Waals surface area contributed by atoms with Gasteiger partial charge in [0.2, 0.25) is 0 Å². The molecule has 2 rings (SSSR count). The molecule has 0 radical (unpaired) electrons. The minimum absolute atomic E-state index is 0.321. The molecule has 2 nitrogen and oxygen atoms in total. The summed E-state index contributed by atoms with van der Waals surface area (Å²) in [7, 11) is 0. The fourth-order valence-corrected chi connectivity index (χ4v) is 2.38. The molecule has 0 bridgehead atoms. The smallest absolute Gasteiger partial charge is 0.105 e. The third-order valence-electron chi connectivity index (χ3n) is 3.24. The molecule has 0 aliphatic heterocycles. The highest BCUT2D eigenvalue weighted by Gasteiger charge is 2.14. The summed E-state index contributed by atoms with van der Waals surface area (Å²) in [6.45, 7) is 7.40. The molecule has 1 aromatic heterocycles. The van der Waals surface area contributed by atoms with Crippen LogP contribution >= 0.6 is 0 Å². The van der Waals surface area contributed by atoms with Gasteiger partial charge in [0, 0.05) is 12.5 Å². The van der Waals surface area contributed by atoms with Gasteiger partial charge in [-0.25, -0.2) is 0 Å². The number of hydrogen-bond donors (Lipinski definition) is 1. The van der Waals surface area contributed by atoms with E-state index in [1.807, 2.05) is 12.1 Å². The Morgan fingerprint density at radius 1 is 1.22 bits per heavy atom. The lowest BCUT2D eigenvalue weighted by atomic mass is 9.96. The number of aryl methyl sites for hydroxylation is 2. The van der Waals surface area contributed by atoms with Crippen LogP contribution in [0.1, 0.15) is 35.4 Å². The summed E-state index contributed by atoms with van der Waals surface area (Å²) in [6, 6.07) is 10.9. The predicted molar refractivity (Wildman–Crippen MR) is 74.7 cm³/mol. The first-order valence-corrected chi connectivity index (χ1v) is 6.53. The van der Waals surface area contributed by atoms with Gasteiger partial charge in [0.05, 0.1) is 6.26 Å². The molecule has 96 valence electrons. The third-order valence-corrected chi connectivity index (χ3v) is 3.24. The highest BCUT2D eigenvalue weighted by molar-refractivity contribution is 5.33. The maximum Gasteiger partial charge on any atom is 0.105 e. The average molecular weight is 243 g/mol. The second-order valence-corrected chi connectivity index (χ2v) is 4.75. The van der Waals surface area contributed by atoms with Gasteiger partial charge in [-0.3, -0.25) is 0 Å². The first-order valence-electron chi connectivity index (χ1n) is 6.53. The second-order valence-electron chi connectivity index (χ2n) is 4.75. The van der Waals surface area contributed by atoms with E-state index in [1.165, 1.54) is 16.7 Å². The maximum absolute atomic E-state index is 5.46. The van der Waals surface area contributed by atoms with Gasteiger partial charge in [0.1, 0.15) is 5.76 Å². The molecule has 1 N–H and O–H groups in total. The molecule has 0 spiro atoms. The van der Waals surface area contributed by atoms with Gasteiger partial charge >= 0.3 is 0 Å². The summed E-state index contributed by atoms with van der Waals surface area (Å²) >= 11 is 0. The topological polar surface area (TPSA) is 25.2 Å². The number of nitrogens with one attached hydrogen (secondary N) is 1. The Labute approximate surface area is 109 Å². The minimum Gasteiger partial charge on any atom is -0.469 e. The van der Waals surface area contributed by atoms with E-state index in [2.05, 4.69) is 44.3 Å². The van der Waals surface area contributed by atoms with Crippen molar-refractivity contribution < 1.29 is 4.42 Å². The van der Waals surface area contributed by atoms with E-state index in [0.29, 0.717) is 6.04 Å². The fourth-order valence-electron chi connectivity index (χ4n) is 2.38. The fraction of sp³-hybridized carbons (Fsp3) is 0.375. The van der Waals surface area contributed by atoms with Crippen molar-refractivity contribution in [1.29, 1.82) is 0 Å². The van der Waals surface area contributed by atoms with Gasteiger partial charge in [-0.15, -0.1) is 0 Å². The molecule has 2 aromatic rings. The van der Waals surface area contributed by atoms with Crippen LogP contribution in [0.15, 0.2) is 41.0 Å². The standard InChI is InChI=1S/C16H21NO/c1-4-17-16(11-14-6-5-9-18-14)15-8-7-12(2)10-13(15)3/h5-10,16-17H,4,11H2,1-3H3. The van der Waals surface area contributed by atoms with E-state index < -0.39 is 0 Å². The van der Waals surface area contributed by atoms with Crippen molar-refractivity contribution >= 4 is 0 Å². The first kappa shape index (κ1) is 12.9. The quantitative estimate of drug-likeness (QED) is 0.864. The molecular formula is C16H21NO. The van der Waals surface area contributed by atoms with Crippen LogP contribution in [0.4, 0.5) is 0 Å². The normalized spacial score (nSPS) is 12.6. The number of benzene rings is 1. The van der Waals surface area contributed by atoms with Gasteiger partial charge < -0.3 is 9.73 Å². The van der Waals surface area contributed by atoms with Gasteiger partial charge in [0.15, 0.2) is 0 Å². The molecule has 0 aliphatic carbocycles. The molecule has 1 heterocycles. The molecule has 0 saturated heterocycles. The summed E-state index contributed by atoms with van der Waals surface area (Å²) in [6.07, 6.45) is 2.63.